The Kier molecular flexibility index (Phi) is 6.58. The number of piperazine rings is 1. The highest BCUT2D eigenvalue weighted by Crippen LogP contribution is 2.33. The molecule has 3 aromatic rings. The second-order valence-electron chi connectivity index (χ2n) is 7.76. The second-order valence-corrected chi connectivity index (χ2v) is 9.04. The van der Waals surface area contributed by atoms with Crippen molar-refractivity contribution < 1.29 is 9.59 Å². The highest BCUT2D eigenvalue weighted by molar-refractivity contribution is 6.42. The first-order chi connectivity index (χ1) is 15.3. The third kappa shape index (κ3) is 4.41. The lowest BCUT2D eigenvalue weighted by Gasteiger charge is -2.31. The van der Waals surface area contributed by atoms with E-state index in [0.717, 1.165) is 18.7 Å². The average Bonchev–Trinajstić information content (AvgIpc) is 3.10. The topological polar surface area (TPSA) is 58.4 Å². The quantitative estimate of drug-likeness (QED) is 0.390. The highest BCUT2D eigenvalue weighted by atomic mass is 35.5. The van der Waals surface area contributed by atoms with Crippen LogP contribution in [0.4, 0.5) is 0 Å². The Labute approximate surface area is 201 Å². The molecule has 6 nitrogen and oxygen atoms in total. The lowest BCUT2D eigenvalue weighted by molar-refractivity contribution is -0.127. The number of benzene rings is 2. The summed E-state index contributed by atoms with van der Waals surface area (Å²) in [6, 6.07) is 12.2. The van der Waals surface area contributed by atoms with E-state index < -0.39 is 11.7 Å². The number of carbonyl (C=O) groups is 2. The molecule has 1 saturated heterocycles. The van der Waals surface area contributed by atoms with Gasteiger partial charge < -0.3 is 9.80 Å². The van der Waals surface area contributed by atoms with Crippen LogP contribution >= 0.6 is 34.8 Å². The molecule has 1 aliphatic heterocycles. The fourth-order valence-corrected chi connectivity index (χ4v) is 4.35. The van der Waals surface area contributed by atoms with E-state index in [1.807, 2.05) is 19.2 Å². The van der Waals surface area contributed by atoms with Crippen molar-refractivity contribution in [3.63, 3.8) is 0 Å². The number of amides is 1. The number of carbonyl (C=O) groups excluding carboxylic acids is 2. The first kappa shape index (κ1) is 22.8. The van der Waals surface area contributed by atoms with Gasteiger partial charge in [0.05, 0.1) is 16.4 Å². The van der Waals surface area contributed by atoms with E-state index in [2.05, 4.69) is 10.00 Å². The smallest absolute Gasteiger partial charge is 0.296 e. The minimum absolute atomic E-state index is 0.102. The molecule has 1 aliphatic rings. The van der Waals surface area contributed by atoms with Crippen LogP contribution in [0.5, 0.6) is 0 Å². The Morgan fingerprint density at radius 1 is 0.906 bits per heavy atom. The minimum Gasteiger partial charge on any atom is -0.333 e. The van der Waals surface area contributed by atoms with E-state index in [1.54, 1.807) is 46.8 Å². The van der Waals surface area contributed by atoms with Gasteiger partial charge in [0.1, 0.15) is 5.69 Å². The van der Waals surface area contributed by atoms with Crippen LogP contribution in [0, 0.1) is 6.92 Å². The monoisotopic (exact) mass is 490 g/mol. The number of rotatable bonds is 4. The first-order valence-corrected chi connectivity index (χ1v) is 11.2. The van der Waals surface area contributed by atoms with Crippen molar-refractivity contribution in [3.05, 3.63) is 68.8 Å². The molecule has 166 valence electrons. The molecule has 0 bridgehead atoms. The van der Waals surface area contributed by atoms with Crippen LogP contribution in [-0.2, 0) is 4.79 Å². The molecule has 2 heterocycles. The third-order valence-corrected chi connectivity index (χ3v) is 6.37. The van der Waals surface area contributed by atoms with Gasteiger partial charge in [-0.3, -0.25) is 9.59 Å². The molecule has 4 rings (SSSR count). The van der Waals surface area contributed by atoms with Gasteiger partial charge >= 0.3 is 0 Å². The summed E-state index contributed by atoms with van der Waals surface area (Å²) in [4.78, 5) is 29.9. The normalized spacial score (nSPS) is 14.6. The van der Waals surface area contributed by atoms with Crippen molar-refractivity contribution in [2.45, 2.75) is 6.92 Å². The van der Waals surface area contributed by atoms with Crippen LogP contribution in [0.25, 0.3) is 16.9 Å². The van der Waals surface area contributed by atoms with E-state index in [-0.39, 0.29) is 5.69 Å². The molecule has 32 heavy (non-hydrogen) atoms. The van der Waals surface area contributed by atoms with E-state index in [9.17, 15) is 9.59 Å². The summed E-state index contributed by atoms with van der Waals surface area (Å²) in [7, 11) is 1.99. The summed E-state index contributed by atoms with van der Waals surface area (Å²) in [6.45, 7) is 4.25. The third-order valence-electron chi connectivity index (χ3n) is 5.58. The van der Waals surface area contributed by atoms with E-state index in [4.69, 9.17) is 34.8 Å². The molecule has 0 radical (unpaired) electrons. The number of ketones is 1. The largest absolute Gasteiger partial charge is 0.333 e. The number of aromatic nitrogens is 2. The predicted octanol–water partition coefficient (Wildman–Crippen LogP) is 4.76. The van der Waals surface area contributed by atoms with Crippen molar-refractivity contribution in [3.8, 4) is 16.9 Å². The van der Waals surface area contributed by atoms with Crippen molar-refractivity contribution in [1.29, 1.82) is 0 Å². The van der Waals surface area contributed by atoms with Gasteiger partial charge in [-0.1, -0.05) is 46.9 Å². The molecule has 9 heteroatoms. The van der Waals surface area contributed by atoms with Crippen LogP contribution in [0.2, 0.25) is 15.1 Å². The molecule has 1 aromatic heterocycles. The molecule has 0 N–H and O–H groups in total. The molecule has 0 aliphatic carbocycles. The maximum atomic E-state index is 13.2. The fourth-order valence-electron chi connectivity index (χ4n) is 3.74. The van der Waals surface area contributed by atoms with Crippen molar-refractivity contribution in [2.24, 2.45) is 0 Å². The molecule has 0 spiro atoms. The summed E-state index contributed by atoms with van der Waals surface area (Å²) in [5.74, 6) is -1.18. The lowest BCUT2D eigenvalue weighted by Crippen LogP contribution is -2.49. The Morgan fingerprint density at radius 2 is 1.53 bits per heavy atom. The van der Waals surface area contributed by atoms with Crippen molar-refractivity contribution >= 4 is 46.5 Å². The zero-order valence-corrected chi connectivity index (χ0v) is 19.9. The van der Waals surface area contributed by atoms with E-state index in [1.165, 1.54) is 0 Å². The van der Waals surface area contributed by atoms with Crippen LogP contribution in [0.15, 0.2) is 42.5 Å². The Balaban J connectivity index is 1.81. The van der Waals surface area contributed by atoms with Crippen LogP contribution in [0.3, 0.4) is 0 Å². The predicted molar refractivity (Wildman–Crippen MR) is 127 cm³/mol. The van der Waals surface area contributed by atoms with Gasteiger partial charge in [-0.25, -0.2) is 4.68 Å². The minimum atomic E-state index is -0.633. The number of hydrogen-bond donors (Lipinski definition) is 0. The maximum Gasteiger partial charge on any atom is 0.296 e. The lowest BCUT2D eigenvalue weighted by atomic mass is 10.0. The summed E-state index contributed by atoms with van der Waals surface area (Å²) in [5.41, 5.74) is 2.68. The number of halogens is 3. The summed E-state index contributed by atoms with van der Waals surface area (Å²) >= 11 is 18.6. The number of likely N-dealkylation sites (N-methyl/N-ethyl adjacent to an activating group) is 1. The van der Waals surface area contributed by atoms with Gasteiger partial charge in [0.25, 0.3) is 11.7 Å². The molecular formula is C23H21Cl3N4O2. The maximum absolute atomic E-state index is 13.2. The van der Waals surface area contributed by atoms with Gasteiger partial charge in [-0.05, 0) is 44.3 Å². The Morgan fingerprint density at radius 3 is 2.16 bits per heavy atom. The van der Waals surface area contributed by atoms with Crippen molar-refractivity contribution in [1.82, 2.24) is 19.6 Å². The Bertz CT molecular complexity index is 1180. The zero-order valence-electron chi connectivity index (χ0n) is 17.6. The molecule has 0 unspecified atom stereocenters. The molecule has 1 fully saturated rings. The van der Waals surface area contributed by atoms with Gasteiger partial charge in [-0.15, -0.1) is 0 Å². The zero-order chi connectivity index (χ0) is 23.0. The van der Waals surface area contributed by atoms with Gasteiger partial charge in [0.15, 0.2) is 0 Å². The number of nitrogens with zero attached hydrogens (tertiary/aromatic N) is 4. The SMILES string of the molecule is Cc1c(C(=O)C(=O)N2CCN(C)CC2)nn(-c2ccc(Cl)cc2Cl)c1-c1ccc(Cl)cc1. The molecule has 1 amide bonds. The summed E-state index contributed by atoms with van der Waals surface area (Å²) in [6.07, 6.45) is 0. The van der Waals surface area contributed by atoms with Gasteiger partial charge in [0, 0.05) is 47.4 Å². The Hall–Kier alpha value is -2.38. The van der Waals surface area contributed by atoms with Crippen LogP contribution in [0.1, 0.15) is 16.1 Å². The number of hydrogen-bond acceptors (Lipinski definition) is 4. The summed E-state index contributed by atoms with van der Waals surface area (Å²) < 4.78 is 1.59. The van der Waals surface area contributed by atoms with Crippen LogP contribution in [-0.4, -0.2) is 64.5 Å². The highest BCUT2D eigenvalue weighted by Gasteiger charge is 2.31. The summed E-state index contributed by atoms with van der Waals surface area (Å²) in [5, 5.41) is 5.99. The first-order valence-electron chi connectivity index (χ1n) is 10.1. The van der Waals surface area contributed by atoms with Crippen molar-refractivity contribution in [2.75, 3.05) is 33.2 Å². The fraction of sp³-hybridized carbons (Fsp3) is 0.261. The van der Waals surface area contributed by atoms with Crippen LogP contribution < -0.4 is 0 Å². The standard InChI is InChI=1S/C23H21Cl3N4O2/c1-14-20(22(31)23(32)29-11-9-28(2)10-12-29)27-30(19-8-7-17(25)13-18(19)26)21(14)15-3-5-16(24)6-4-15/h3-8,13H,9-12H2,1-2H3. The van der Waals surface area contributed by atoms with E-state index in [0.29, 0.717) is 45.1 Å². The second kappa shape index (κ2) is 9.24. The average molecular weight is 492 g/mol. The number of Topliss-reactive ketones (excluding diaryl/α,β-unsaturated/α-hetero) is 1. The van der Waals surface area contributed by atoms with Gasteiger partial charge in [-0.2, -0.15) is 5.10 Å². The molecule has 0 atom stereocenters. The molecule has 0 saturated carbocycles. The van der Waals surface area contributed by atoms with E-state index >= 15 is 0 Å². The molecule has 2 aromatic carbocycles. The van der Waals surface area contributed by atoms with Gasteiger partial charge in [0.2, 0.25) is 0 Å². The molecular weight excluding hydrogens is 471 g/mol.